The number of nitrogens with zero attached hydrogens (tertiary/aromatic N) is 6. The van der Waals surface area contributed by atoms with E-state index in [-0.39, 0.29) is 23.4 Å². The van der Waals surface area contributed by atoms with Crippen molar-refractivity contribution in [3.63, 3.8) is 0 Å². The van der Waals surface area contributed by atoms with Crippen LogP contribution in [0.3, 0.4) is 0 Å². The molecule has 146 valence electrons. The van der Waals surface area contributed by atoms with E-state index in [0.29, 0.717) is 19.6 Å². The van der Waals surface area contributed by atoms with Crippen LogP contribution in [-0.2, 0) is 11.3 Å². The summed E-state index contributed by atoms with van der Waals surface area (Å²) in [5.41, 5.74) is 0.567. The van der Waals surface area contributed by atoms with Gasteiger partial charge in [0.2, 0.25) is 5.91 Å². The summed E-state index contributed by atoms with van der Waals surface area (Å²) in [4.78, 5) is 30.8. The monoisotopic (exact) mass is 381 g/mol. The predicted octanol–water partition coefficient (Wildman–Crippen LogP) is 1.19. The number of aromatic nitrogens is 6. The summed E-state index contributed by atoms with van der Waals surface area (Å²) in [5.74, 6) is 0.829. The molecule has 1 atom stereocenters. The van der Waals surface area contributed by atoms with Gasteiger partial charge in [0, 0.05) is 19.0 Å². The van der Waals surface area contributed by atoms with Gasteiger partial charge in [-0.2, -0.15) is 10.2 Å². The first-order valence-electron chi connectivity index (χ1n) is 9.47. The average Bonchev–Trinajstić information content (AvgIpc) is 3.37. The summed E-state index contributed by atoms with van der Waals surface area (Å²) >= 11 is 0. The van der Waals surface area contributed by atoms with Gasteiger partial charge in [-0.05, 0) is 25.0 Å². The van der Waals surface area contributed by atoms with Crippen LogP contribution in [-0.4, -0.2) is 53.4 Å². The Kier molecular flexibility index (Phi) is 5.05. The number of piperidine rings is 1. The SMILES string of the molecule is CC(Cn1cncn1)C(=O)N1CCC(c2n[nH]c(=O)n2-c2ccccc2)CC1. The second kappa shape index (κ2) is 7.79. The van der Waals surface area contributed by atoms with Gasteiger partial charge in [-0.3, -0.25) is 9.48 Å². The molecule has 0 spiro atoms. The van der Waals surface area contributed by atoms with Gasteiger partial charge in [0.1, 0.15) is 18.5 Å². The normalized spacial score (nSPS) is 16.2. The van der Waals surface area contributed by atoms with Crippen molar-refractivity contribution in [1.82, 2.24) is 34.4 Å². The molecule has 9 nitrogen and oxygen atoms in total. The fraction of sp³-hybridized carbons (Fsp3) is 0.421. The first-order valence-corrected chi connectivity index (χ1v) is 9.47. The predicted molar refractivity (Wildman–Crippen MR) is 102 cm³/mol. The maximum absolute atomic E-state index is 12.7. The van der Waals surface area contributed by atoms with E-state index in [4.69, 9.17) is 0 Å². The molecule has 1 aliphatic rings. The van der Waals surface area contributed by atoms with Crippen LogP contribution in [0, 0.1) is 5.92 Å². The van der Waals surface area contributed by atoms with Crippen LogP contribution in [0.1, 0.15) is 31.5 Å². The number of para-hydroxylation sites is 1. The third kappa shape index (κ3) is 3.60. The molecule has 1 saturated heterocycles. The molecule has 9 heteroatoms. The Morgan fingerprint density at radius 2 is 2.00 bits per heavy atom. The quantitative estimate of drug-likeness (QED) is 0.715. The lowest BCUT2D eigenvalue weighted by molar-refractivity contribution is -0.136. The van der Waals surface area contributed by atoms with Crippen molar-refractivity contribution in [2.45, 2.75) is 32.2 Å². The standard InChI is InChI=1S/C19H23N7O2/c1-14(11-25-13-20-12-21-25)18(27)24-9-7-15(8-10-24)17-22-23-19(28)26(17)16-5-3-2-4-6-16/h2-6,12-15H,7-11H2,1H3,(H,23,28). The lowest BCUT2D eigenvalue weighted by Gasteiger charge is -2.33. The first-order chi connectivity index (χ1) is 13.6. The number of carbonyl (C=O) groups excluding carboxylic acids is 1. The summed E-state index contributed by atoms with van der Waals surface area (Å²) in [6.45, 7) is 3.74. The molecular formula is C19H23N7O2. The van der Waals surface area contributed by atoms with E-state index in [1.165, 1.54) is 6.33 Å². The third-order valence-electron chi connectivity index (χ3n) is 5.23. The summed E-state index contributed by atoms with van der Waals surface area (Å²) in [7, 11) is 0. The van der Waals surface area contributed by atoms with E-state index in [9.17, 15) is 9.59 Å². The Labute approximate surface area is 162 Å². The van der Waals surface area contributed by atoms with Gasteiger partial charge in [0.15, 0.2) is 0 Å². The number of amides is 1. The Morgan fingerprint density at radius 1 is 1.25 bits per heavy atom. The highest BCUT2D eigenvalue weighted by molar-refractivity contribution is 5.78. The molecule has 3 heterocycles. The molecule has 2 aromatic heterocycles. The zero-order valence-corrected chi connectivity index (χ0v) is 15.7. The number of aromatic amines is 1. The molecule has 0 saturated carbocycles. The minimum atomic E-state index is -0.235. The number of benzene rings is 1. The van der Waals surface area contributed by atoms with Crippen LogP contribution < -0.4 is 5.69 Å². The second-order valence-corrected chi connectivity index (χ2v) is 7.18. The van der Waals surface area contributed by atoms with Crippen molar-refractivity contribution in [2.24, 2.45) is 5.92 Å². The number of hydrogen-bond acceptors (Lipinski definition) is 5. The minimum Gasteiger partial charge on any atom is -0.342 e. The van der Waals surface area contributed by atoms with Gasteiger partial charge < -0.3 is 4.90 Å². The fourth-order valence-electron chi connectivity index (χ4n) is 3.77. The largest absolute Gasteiger partial charge is 0.347 e. The molecule has 1 N–H and O–H groups in total. The Balaban J connectivity index is 1.42. The van der Waals surface area contributed by atoms with E-state index >= 15 is 0 Å². The van der Waals surface area contributed by atoms with Crippen molar-refractivity contribution in [3.8, 4) is 5.69 Å². The fourth-order valence-corrected chi connectivity index (χ4v) is 3.77. The van der Waals surface area contributed by atoms with Gasteiger partial charge in [0.25, 0.3) is 0 Å². The minimum absolute atomic E-state index is 0.122. The summed E-state index contributed by atoms with van der Waals surface area (Å²) in [5, 5.41) is 10.9. The molecule has 28 heavy (non-hydrogen) atoms. The van der Waals surface area contributed by atoms with Gasteiger partial charge in [-0.25, -0.2) is 19.4 Å². The lowest BCUT2D eigenvalue weighted by Crippen LogP contribution is -2.42. The van der Waals surface area contributed by atoms with Crippen molar-refractivity contribution < 1.29 is 4.79 Å². The van der Waals surface area contributed by atoms with E-state index in [1.54, 1.807) is 15.6 Å². The summed E-state index contributed by atoms with van der Waals surface area (Å²) in [6, 6.07) is 9.50. The molecule has 3 aromatic rings. The van der Waals surface area contributed by atoms with Crippen LogP contribution in [0.5, 0.6) is 0 Å². The average molecular weight is 381 g/mol. The molecule has 1 unspecified atom stereocenters. The molecule has 0 radical (unpaired) electrons. The highest BCUT2D eigenvalue weighted by atomic mass is 16.2. The zero-order chi connectivity index (χ0) is 19.5. The van der Waals surface area contributed by atoms with E-state index < -0.39 is 0 Å². The van der Waals surface area contributed by atoms with Gasteiger partial charge >= 0.3 is 5.69 Å². The van der Waals surface area contributed by atoms with Crippen molar-refractivity contribution >= 4 is 5.91 Å². The smallest absolute Gasteiger partial charge is 0.342 e. The molecule has 0 aliphatic carbocycles. The summed E-state index contributed by atoms with van der Waals surface area (Å²) in [6.07, 6.45) is 4.65. The molecule has 1 amide bonds. The van der Waals surface area contributed by atoms with E-state index in [2.05, 4.69) is 20.3 Å². The number of nitrogens with one attached hydrogen (secondary N) is 1. The Hall–Kier alpha value is -3.23. The molecule has 0 bridgehead atoms. The molecule has 1 aromatic carbocycles. The number of carbonyl (C=O) groups is 1. The van der Waals surface area contributed by atoms with Crippen LogP contribution in [0.4, 0.5) is 0 Å². The lowest BCUT2D eigenvalue weighted by atomic mass is 9.94. The Morgan fingerprint density at radius 3 is 2.68 bits per heavy atom. The Bertz CT molecular complexity index is 969. The number of hydrogen-bond donors (Lipinski definition) is 1. The molecule has 4 rings (SSSR count). The topological polar surface area (TPSA) is 102 Å². The van der Waals surface area contributed by atoms with Gasteiger partial charge in [-0.15, -0.1) is 0 Å². The number of H-pyrrole nitrogens is 1. The number of rotatable bonds is 5. The van der Waals surface area contributed by atoms with Crippen molar-refractivity contribution in [1.29, 1.82) is 0 Å². The van der Waals surface area contributed by atoms with Crippen molar-refractivity contribution in [2.75, 3.05) is 13.1 Å². The van der Waals surface area contributed by atoms with Crippen LogP contribution >= 0.6 is 0 Å². The van der Waals surface area contributed by atoms with Gasteiger partial charge in [0.05, 0.1) is 18.2 Å². The van der Waals surface area contributed by atoms with E-state index in [0.717, 1.165) is 24.4 Å². The first kappa shape index (κ1) is 18.1. The second-order valence-electron chi connectivity index (χ2n) is 7.18. The third-order valence-corrected chi connectivity index (χ3v) is 5.23. The van der Waals surface area contributed by atoms with Crippen LogP contribution in [0.25, 0.3) is 5.69 Å². The van der Waals surface area contributed by atoms with E-state index in [1.807, 2.05) is 42.2 Å². The molecule has 1 aliphatic heterocycles. The zero-order valence-electron chi connectivity index (χ0n) is 15.7. The highest BCUT2D eigenvalue weighted by Crippen LogP contribution is 2.28. The summed E-state index contributed by atoms with van der Waals surface area (Å²) < 4.78 is 3.31. The maximum atomic E-state index is 12.7. The van der Waals surface area contributed by atoms with Crippen LogP contribution in [0.2, 0.25) is 0 Å². The van der Waals surface area contributed by atoms with Gasteiger partial charge in [-0.1, -0.05) is 25.1 Å². The van der Waals surface area contributed by atoms with Crippen molar-refractivity contribution in [3.05, 3.63) is 59.3 Å². The van der Waals surface area contributed by atoms with Crippen LogP contribution in [0.15, 0.2) is 47.8 Å². The molecule has 1 fully saturated rings. The highest BCUT2D eigenvalue weighted by Gasteiger charge is 2.30. The maximum Gasteiger partial charge on any atom is 0.347 e. The number of likely N-dealkylation sites (tertiary alicyclic amines) is 1. The molecular weight excluding hydrogens is 358 g/mol.